The second kappa shape index (κ2) is 5.86. The lowest BCUT2D eigenvalue weighted by Gasteiger charge is -2.01. The quantitative estimate of drug-likeness (QED) is 0.707. The normalized spacial score (nSPS) is 10.6. The van der Waals surface area contributed by atoms with Gasteiger partial charge in [-0.05, 0) is 23.1 Å². The molecule has 0 bridgehead atoms. The summed E-state index contributed by atoms with van der Waals surface area (Å²) < 4.78 is 0. The predicted octanol–water partition coefficient (Wildman–Crippen LogP) is 4.59. The molecule has 0 atom stereocenters. The van der Waals surface area contributed by atoms with E-state index < -0.39 is 0 Å². The standard InChI is InChI=1S/C17H16/c1-2-16-12-6-7-13-17(16)14-8-11-15-9-4-3-5-10-15/h2-13H,1,14H2/b11-8-. The molecule has 0 amide bonds. The Hall–Kier alpha value is -2.08. The fourth-order valence-corrected chi connectivity index (χ4v) is 1.81. The summed E-state index contributed by atoms with van der Waals surface area (Å²) in [7, 11) is 0. The molecule has 0 radical (unpaired) electrons. The molecule has 0 N–H and O–H groups in total. The summed E-state index contributed by atoms with van der Waals surface area (Å²) in [5.74, 6) is 0. The summed E-state index contributed by atoms with van der Waals surface area (Å²) >= 11 is 0. The van der Waals surface area contributed by atoms with E-state index in [1.807, 2.05) is 18.2 Å². The van der Waals surface area contributed by atoms with E-state index in [4.69, 9.17) is 0 Å². The zero-order valence-electron chi connectivity index (χ0n) is 9.84. The fraction of sp³-hybridized carbons (Fsp3) is 0.0588. The van der Waals surface area contributed by atoms with Crippen LogP contribution in [0.15, 0.2) is 67.3 Å². The summed E-state index contributed by atoms with van der Waals surface area (Å²) in [5, 5.41) is 0. The van der Waals surface area contributed by atoms with Crippen molar-refractivity contribution in [1.29, 1.82) is 0 Å². The van der Waals surface area contributed by atoms with Gasteiger partial charge in [0.1, 0.15) is 0 Å². The summed E-state index contributed by atoms with van der Waals surface area (Å²) in [6.45, 7) is 3.83. The largest absolute Gasteiger partial charge is 0.0985 e. The van der Waals surface area contributed by atoms with Gasteiger partial charge in [-0.15, -0.1) is 0 Å². The first-order valence-electron chi connectivity index (χ1n) is 5.82. The molecular weight excluding hydrogens is 204 g/mol. The van der Waals surface area contributed by atoms with Crippen LogP contribution in [0.4, 0.5) is 0 Å². The van der Waals surface area contributed by atoms with Crippen molar-refractivity contribution >= 4 is 12.2 Å². The van der Waals surface area contributed by atoms with Crippen molar-refractivity contribution < 1.29 is 0 Å². The molecule has 2 rings (SSSR count). The van der Waals surface area contributed by atoms with Crippen LogP contribution in [0.25, 0.3) is 12.2 Å². The van der Waals surface area contributed by atoms with Gasteiger partial charge in [0.05, 0.1) is 0 Å². The Kier molecular flexibility index (Phi) is 3.93. The van der Waals surface area contributed by atoms with Crippen molar-refractivity contribution in [1.82, 2.24) is 0 Å². The molecule has 2 aromatic rings. The molecule has 0 heterocycles. The summed E-state index contributed by atoms with van der Waals surface area (Å²) in [6.07, 6.45) is 7.19. The van der Waals surface area contributed by atoms with E-state index in [0.717, 1.165) is 6.42 Å². The molecule has 0 saturated carbocycles. The highest BCUT2D eigenvalue weighted by Gasteiger charge is 1.94. The molecule has 17 heavy (non-hydrogen) atoms. The second-order valence-corrected chi connectivity index (χ2v) is 3.92. The van der Waals surface area contributed by atoms with E-state index >= 15 is 0 Å². The first-order valence-corrected chi connectivity index (χ1v) is 5.82. The topological polar surface area (TPSA) is 0 Å². The lowest BCUT2D eigenvalue weighted by molar-refractivity contribution is 1.27. The van der Waals surface area contributed by atoms with Crippen LogP contribution >= 0.6 is 0 Å². The first-order chi connectivity index (χ1) is 8.40. The van der Waals surface area contributed by atoms with Gasteiger partial charge in [0.2, 0.25) is 0 Å². The van der Waals surface area contributed by atoms with E-state index in [1.54, 1.807) is 0 Å². The van der Waals surface area contributed by atoms with Crippen molar-refractivity contribution in [2.75, 3.05) is 0 Å². The van der Waals surface area contributed by atoms with Gasteiger partial charge in [0.25, 0.3) is 0 Å². The number of hydrogen-bond donors (Lipinski definition) is 0. The minimum Gasteiger partial charge on any atom is -0.0985 e. The van der Waals surface area contributed by atoms with Crippen LogP contribution in [0.5, 0.6) is 0 Å². The van der Waals surface area contributed by atoms with Gasteiger partial charge in [-0.1, -0.05) is 79.4 Å². The van der Waals surface area contributed by atoms with Gasteiger partial charge < -0.3 is 0 Å². The molecular formula is C17H16. The van der Waals surface area contributed by atoms with Crippen LogP contribution in [0.1, 0.15) is 16.7 Å². The van der Waals surface area contributed by atoms with Gasteiger partial charge in [-0.25, -0.2) is 0 Å². The van der Waals surface area contributed by atoms with E-state index in [0.29, 0.717) is 0 Å². The number of hydrogen-bond acceptors (Lipinski definition) is 0. The monoisotopic (exact) mass is 220 g/mol. The molecule has 0 heteroatoms. The van der Waals surface area contributed by atoms with Crippen LogP contribution in [0.3, 0.4) is 0 Å². The minimum absolute atomic E-state index is 0.942. The van der Waals surface area contributed by atoms with Crippen molar-refractivity contribution in [3.63, 3.8) is 0 Å². The van der Waals surface area contributed by atoms with E-state index in [1.165, 1.54) is 16.7 Å². The third-order valence-electron chi connectivity index (χ3n) is 2.72. The Morgan fingerprint density at radius 3 is 2.35 bits per heavy atom. The van der Waals surface area contributed by atoms with Crippen molar-refractivity contribution in [2.24, 2.45) is 0 Å². The van der Waals surface area contributed by atoms with Gasteiger partial charge >= 0.3 is 0 Å². The Labute approximate surface area is 103 Å². The van der Waals surface area contributed by atoms with Crippen LogP contribution in [-0.4, -0.2) is 0 Å². The van der Waals surface area contributed by atoms with Gasteiger partial charge in [0.15, 0.2) is 0 Å². The number of rotatable bonds is 4. The Bertz CT molecular complexity index is 507. The predicted molar refractivity (Wildman–Crippen MR) is 75.7 cm³/mol. The summed E-state index contributed by atoms with van der Waals surface area (Å²) in [6, 6.07) is 18.7. The minimum atomic E-state index is 0.942. The van der Waals surface area contributed by atoms with Gasteiger partial charge in [0, 0.05) is 0 Å². The van der Waals surface area contributed by atoms with Crippen LogP contribution in [0, 0.1) is 0 Å². The molecule has 0 aliphatic carbocycles. The third kappa shape index (κ3) is 3.18. The fourth-order valence-electron chi connectivity index (χ4n) is 1.81. The maximum Gasteiger partial charge on any atom is -0.00882 e. The SMILES string of the molecule is C=Cc1ccccc1C/C=C\c1ccccc1. The first kappa shape index (κ1) is 11.4. The highest BCUT2D eigenvalue weighted by molar-refractivity contribution is 5.54. The molecule has 0 spiro atoms. The highest BCUT2D eigenvalue weighted by Crippen LogP contribution is 2.12. The second-order valence-electron chi connectivity index (χ2n) is 3.92. The Morgan fingerprint density at radius 2 is 1.59 bits per heavy atom. The molecule has 0 fully saturated rings. The van der Waals surface area contributed by atoms with E-state index in [9.17, 15) is 0 Å². The Morgan fingerprint density at radius 1 is 0.882 bits per heavy atom. The zero-order valence-corrected chi connectivity index (χ0v) is 9.84. The van der Waals surface area contributed by atoms with Crippen LogP contribution in [-0.2, 0) is 6.42 Å². The maximum atomic E-state index is 3.83. The lowest BCUT2D eigenvalue weighted by atomic mass is 10.0. The number of allylic oxidation sites excluding steroid dienone is 1. The molecule has 0 nitrogen and oxygen atoms in total. The molecule has 0 aliphatic rings. The van der Waals surface area contributed by atoms with Crippen LogP contribution in [0.2, 0.25) is 0 Å². The molecule has 0 unspecified atom stereocenters. The highest BCUT2D eigenvalue weighted by atomic mass is 14.0. The van der Waals surface area contributed by atoms with Crippen LogP contribution < -0.4 is 0 Å². The maximum absolute atomic E-state index is 3.83. The van der Waals surface area contributed by atoms with Gasteiger partial charge in [-0.3, -0.25) is 0 Å². The molecule has 0 saturated heterocycles. The van der Waals surface area contributed by atoms with E-state index in [-0.39, 0.29) is 0 Å². The smallest absolute Gasteiger partial charge is 0.00882 e. The van der Waals surface area contributed by atoms with Crippen molar-refractivity contribution in [3.05, 3.63) is 83.9 Å². The molecule has 0 aliphatic heterocycles. The Balaban J connectivity index is 2.07. The zero-order chi connectivity index (χ0) is 11.9. The van der Waals surface area contributed by atoms with Gasteiger partial charge in [-0.2, -0.15) is 0 Å². The molecule has 0 aromatic heterocycles. The molecule has 2 aromatic carbocycles. The van der Waals surface area contributed by atoms with E-state index in [2.05, 4.69) is 61.2 Å². The summed E-state index contributed by atoms with van der Waals surface area (Å²) in [4.78, 5) is 0. The lowest BCUT2D eigenvalue weighted by Crippen LogP contribution is -1.85. The average molecular weight is 220 g/mol. The van der Waals surface area contributed by atoms with Crippen molar-refractivity contribution in [2.45, 2.75) is 6.42 Å². The summed E-state index contributed by atoms with van der Waals surface area (Å²) in [5.41, 5.74) is 3.77. The van der Waals surface area contributed by atoms with Crippen molar-refractivity contribution in [3.8, 4) is 0 Å². The average Bonchev–Trinajstić information content (AvgIpc) is 2.40. The third-order valence-corrected chi connectivity index (χ3v) is 2.72. The molecule has 84 valence electrons. The number of benzene rings is 2.